The maximum Gasteiger partial charge on any atom is 0.170 e. The van der Waals surface area contributed by atoms with Crippen LogP contribution in [0.4, 0.5) is 0 Å². The van der Waals surface area contributed by atoms with Crippen LogP contribution in [0.1, 0.15) is 31.4 Å². The van der Waals surface area contributed by atoms with E-state index in [1.54, 1.807) is 0 Å². The zero-order valence-corrected chi connectivity index (χ0v) is 13.5. The van der Waals surface area contributed by atoms with Gasteiger partial charge in [-0.2, -0.15) is 7.05 Å². The quantitative estimate of drug-likeness (QED) is 0.839. The van der Waals surface area contributed by atoms with Crippen molar-refractivity contribution in [1.29, 1.82) is 0 Å². The van der Waals surface area contributed by atoms with Crippen LogP contribution in [0.5, 0.6) is 0 Å². The van der Waals surface area contributed by atoms with E-state index in [1.807, 2.05) is 0 Å². The molecular formula is C18H28N2O2. The third-order valence-corrected chi connectivity index (χ3v) is 5.03. The standard InChI is InChI=1S/C18H28N2O2/c1-15(17(19-2)16-6-4-3-5-7-16)14-20-10-8-18(9-11-20)21-12-13-22-18/h3-7,15,17H,2,8-14,19H2,1H3/t15-,17+/m0/s1. The Morgan fingerprint density at radius 2 is 1.82 bits per heavy atom. The molecule has 3 rings (SSSR count). The summed E-state index contributed by atoms with van der Waals surface area (Å²) in [6.45, 7) is 7.05. The van der Waals surface area contributed by atoms with Crippen LogP contribution in [0.15, 0.2) is 30.3 Å². The van der Waals surface area contributed by atoms with Crippen molar-refractivity contribution in [2.75, 3.05) is 32.8 Å². The predicted octanol–water partition coefficient (Wildman–Crippen LogP) is 1.56. The molecule has 0 radical (unpaired) electrons. The molecule has 2 N–H and O–H groups in total. The number of benzene rings is 1. The van der Waals surface area contributed by atoms with Crippen molar-refractivity contribution in [2.24, 2.45) is 5.92 Å². The second-order valence-corrected chi connectivity index (χ2v) is 6.56. The molecule has 4 heteroatoms. The molecule has 0 bridgehead atoms. The van der Waals surface area contributed by atoms with Gasteiger partial charge in [0.25, 0.3) is 0 Å². The number of hydrogen-bond donors (Lipinski definition) is 1. The fourth-order valence-corrected chi connectivity index (χ4v) is 3.75. The van der Waals surface area contributed by atoms with E-state index in [9.17, 15) is 0 Å². The lowest BCUT2D eigenvalue weighted by molar-refractivity contribution is -0.648. The van der Waals surface area contributed by atoms with Gasteiger partial charge in [0, 0.05) is 44.0 Å². The smallest absolute Gasteiger partial charge is 0.170 e. The lowest BCUT2D eigenvalue weighted by Crippen LogP contribution is -2.80. The van der Waals surface area contributed by atoms with Crippen LogP contribution >= 0.6 is 0 Å². The monoisotopic (exact) mass is 304 g/mol. The third-order valence-electron chi connectivity index (χ3n) is 5.03. The average Bonchev–Trinajstić information content (AvgIpc) is 3.00. The highest BCUT2D eigenvalue weighted by Crippen LogP contribution is 2.32. The number of piperidine rings is 1. The Morgan fingerprint density at radius 3 is 2.41 bits per heavy atom. The Labute approximate surface area is 133 Å². The molecular weight excluding hydrogens is 276 g/mol. The summed E-state index contributed by atoms with van der Waals surface area (Å²) in [5, 5.41) is 2.09. The summed E-state index contributed by atoms with van der Waals surface area (Å²) in [4.78, 5) is 2.54. The molecule has 2 aliphatic heterocycles. The van der Waals surface area contributed by atoms with E-state index in [0.717, 1.165) is 45.7 Å². The van der Waals surface area contributed by atoms with E-state index >= 15 is 0 Å². The van der Waals surface area contributed by atoms with Gasteiger partial charge in [0.2, 0.25) is 0 Å². The fraction of sp³-hybridized carbons (Fsp3) is 0.611. The number of likely N-dealkylation sites (tertiary alicyclic amines) is 1. The first-order valence-corrected chi connectivity index (χ1v) is 8.40. The maximum atomic E-state index is 5.81. The minimum Gasteiger partial charge on any atom is -0.472 e. The predicted molar refractivity (Wildman–Crippen MR) is 85.9 cm³/mol. The number of nitrogens with zero attached hydrogens (tertiary/aromatic N) is 1. The zero-order valence-electron chi connectivity index (χ0n) is 13.5. The van der Waals surface area contributed by atoms with Crippen molar-refractivity contribution in [3.63, 3.8) is 0 Å². The SMILES string of the molecule is [CH2-][NH2+][C@@H](c1ccccc1)[C@@H](C)CN1CCC2(CC1)OCCO2. The molecule has 0 aromatic heterocycles. The zero-order chi connectivity index (χ0) is 15.4. The molecule has 1 aromatic carbocycles. The molecule has 122 valence electrons. The molecule has 1 spiro atoms. The van der Waals surface area contributed by atoms with Crippen LogP contribution in [0.3, 0.4) is 0 Å². The molecule has 22 heavy (non-hydrogen) atoms. The maximum absolute atomic E-state index is 5.81. The molecule has 2 atom stereocenters. The largest absolute Gasteiger partial charge is 0.472 e. The second-order valence-electron chi connectivity index (χ2n) is 6.56. The van der Waals surface area contributed by atoms with E-state index in [-0.39, 0.29) is 5.79 Å². The summed E-state index contributed by atoms with van der Waals surface area (Å²) >= 11 is 0. The van der Waals surface area contributed by atoms with Crippen LogP contribution in [0, 0.1) is 13.0 Å². The first-order valence-electron chi connectivity index (χ1n) is 8.40. The summed E-state index contributed by atoms with van der Waals surface area (Å²) in [6.07, 6.45) is 1.98. The third kappa shape index (κ3) is 3.51. The lowest BCUT2D eigenvalue weighted by Gasteiger charge is -2.39. The number of hydrogen-bond acceptors (Lipinski definition) is 3. The van der Waals surface area contributed by atoms with Gasteiger partial charge in [0.15, 0.2) is 5.79 Å². The van der Waals surface area contributed by atoms with E-state index in [0.29, 0.717) is 12.0 Å². The number of ether oxygens (including phenoxy) is 2. The summed E-state index contributed by atoms with van der Waals surface area (Å²) in [5.74, 6) is 0.288. The number of rotatable bonds is 5. The van der Waals surface area contributed by atoms with Crippen LogP contribution in [-0.2, 0) is 9.47 Å². The summed E-state index contributed by atoms with van der Waals surface area (Å²) < 4.78 is 11.6. The van der Waals surface area contributed by atoms with Crippen LogP contribution in [-0.4, -0.2) is 43.5 Å². The van der Waals surface area contributed by atoms with Gasteiger partial charge in [-0.15, -0.1) is 0 Å². The van der Waals surface area contributed by atoms with Crippen molar-refractivity contribution >= 4 is 0 Å². The Kier molecular flexibility index (Phi) is 5.14. The second kappa shape index (κ2) is 7.09. The molecule has 0 saturated carbocycles. The summed E-state index contributed by atoms with van der Waals surface area (Å²) in [6, 6.07) is 11.1. The number of quaternary nitrogens is 1. The van der Waals surface area contributed by atoms with Gasteiger partial charge in [0.05, 0.1) is 19.3 Å². The Morgan fingerprint density at radius 1 is 1.18 bits per heavy atom. The van der Waals surface area contributed by atoms with Crippen LogP contribution in [0.25, 0.3) is 0 Å². The topological polar surface area (TPSA) is 38.3 Å². The van der Waals surface area contributed by atoms with E-state index in [4.69, 9.17) is 9.47 Å². The highest BCUT2D eigenvalue weighted by Gasteiger charge is 2.40. The normalized spacial score (nSPS) is 24.5. The highest BCUT2D eigenvalue weighted by molar-refractivity contribution is 5.17. The Bertz CT molecular complexity index is 449. The van der Waals surface area contributed by atoms with Crippen molar-refractivity contribution in [3.8, 4) is 0 Å². The number of nitrogens with two attached hydrogens (primary N) is 1. The van der Waals surface area contributed by atoms with Crippen LogP contribution < -0.4 is 5.32 Å². The molecule has 1 aromatic rings. The fourth-order valence-electron chi connectivity index (χ4n) is 3.75. The van der Waals surface area contributed by atoms with E-state index in [2.05, 4.69) is 54.5 Å². The molecule has 0 unspecified atom stereocenters. The molecule has 0 aliphatic carbocycles. The lowest BCUT2D eigenvalue weighted by atomic mass is 9.93. The molecule has 2 saturated heterocycles. The average molecular weight is 304 g/mol. The van der Waals surface area contributed by atoms with Gasteiger partial charge in [-0.3, -0.25) is 0 Å². The van der Waals surface area contributed by atoms with Crippen molar-refractivity contribution < 1.29 is 14.8 Å². The first-order chi connectivity index (χ1) is 10.7. The summed E-state index contributed by atoms with van der Waals surface area (Å²) in [5.41, 5.74) is 1.36. The van der Waals surface area contributed by atoms with E-state index in [1.165, 1.54) is 5.56 Å². The Hall–Kier alpha value is -0.940. The minimum atomic E-state index is -0.267. The van der Waals surface area contributed by atoms with Gasteiger partial charge in [0.1, 0.15) is 0 Å². The Balaban J connectivity index is 1.54. The molecule has 2 fully saturated rings. The minimum absolute atomic E-state index is 0.267. The molecule has 2 aliphatic rings. The van der Waals surface area contributed by atoms with Gasteiger partial charge in [-0.25, -0.2) is 0 Å². The van der Waals surface area contributed by atoms with Crippen molar-refractivity contribution in [3.05, 3.63) is 42.9 Å². The first kappa shape index (κ1) is 15.9. The van der Waals surface area contributed by atoms with Gasteiger partial charge in [-0.05, 0) is 0 Å². The molecule has 4 nitrogen and oxygen atoms in total. The van der Waals surface area contributed by atoms with Crippen molar-refractivity contribution in [2.45, 2.75) is 31.6 Å². The highest BCUT2D eigenvalue weighted by atomic mass is 16.7. The molecule has 0 amide bonds. The van der Waals surface area contributed by atoms with Gasteiger partial charge >= 0.3 is 0 Å². The van der Waals surface area contributed by atoms with Crippen molar-refractivity contribution in [1.82, 2.24) is 4.90 Å². The van der Waals surface area contributed by atoms with E-state index < -0.39 is 0 Å². The molecule has 2 heterocycles. The summed E-state index contributed by atoms with van der Waals surface area (Å²) in [7, 11) is 4.05. The van der Waals surface area contributed by atoms with Gasteiger partial charge < -0.3 is 19.7 Å². The van der Waals surface area contributed by atoms with Crippen LogP contribution in [0.2, 0.25) is 0 Å². The van der Waals surface area contributed by atoms with Gasteiger partial charge in [-0.1, -0.05) is 37.3 Å².